The fourth-order valence-corrected chi connectivity index (χ4v) is 1.90. The van der Waals surface area contributed by atoms with Crippen molar-refractivity contribution in [2.45, 2.75) is 12.5 Å². The number of halogens is 1. The fourth-order valence-electron chi connectivity index (χ4n) is 1.54. The molecule has 0 aliphatic heterocycles. The minimum atomic E-state index is -0.457. The standard InChI is InChI=1S/C13H12INO/c14-12-5-3-11(4-6-12)13(16)8-10-2-1-7-15-9-10/h1-7,9,13,16H,8H2. The third kappa shape index (κ3) is 3.02. The topological polar surface area (TPSA) is 33.1 Å². The second-order valence-corrected chi connectivity index (χ2v) is 4.88. The van der Waals surface area contributed by atoms with Crippen molar-refractivity contribution in [3.05, 3.63) is 63.5 Å². The number of aliphatic hydroxyl groups excluding tert-OH is 1. The lowest BCUT2D eigenvalue weighted by Crippen LogP contribution is -2.01. The maximum atomic E-state index is 10.0. The Kier molecular flexibility index (Phi) is 3.90. The zero-order valence-electron chi connectivity index (χ0n) is 8.68. The largest absolute Gasteiger partial charge is 0.388 e. The van der Waals surface area contributed by atoms with Gasteiger partial charge in [-0.1, -0.05) is 18.2 Å². The molecule has 1 unspecified atom stereocenters. The van der Waals surface area contributed by atoms with Crippen LogP contribution in [0.5, 0.6) is 0 Å². The van der Waals surface area contributed by atoms with Crippen LogP contribution in [-0.2, 0) is 6.42 Å². The normalized spacial score (nSPS) is 12.4. The summed E-state index contributed by atoms with van der Waals surface area (Å²) in [5.41, 5.74) is 2.00. The Morgan fingerprint density at radius 3 is 2.56 bits per heavy atom. The Balaban J connectivity index is 2.09. The predicted octanol–water partition coefficient (Wildman–Crippen LogP) is 2.96. The molecule has 1 heterocycles. The van der Waals surface area contributed by atoms with Crippen LogP contribution in [0.25, 0.3) is 0 Å². The summed E-state index contributed by atoms with van der Waals surface area (Å²) < 4.78 is 1.18. The molecule has 0 bridgehead atoms. The molecule has 0 amide bonds. The van der Waals surface area contributed by atoms with Gasteiger partial charge in [0.1, 0.15) is 0 Å². The number of nitrogens with zero attached hydrogens (tertiary/aromatic N) is 1. The zero-order chi connectivity index (χ0) is 11.4. The molecule has 0 saturated heterocycles. The van der Waals surface area contributed by atoms with Crippen LogP contribution < -0.4 is 0 Å². The lowest BCUT2D eigenvalue weighted by molar-refractivity contribution is 0.178. The summed E-state index contributed by atoms with van der Waals surface area (Å²) in [6, 6.07) is 11.8. The third-order valence-corrected chi connectivity index (χ3v) is 3.13. The van der Waals surface area contributed by atoms with E-state index in [0.717, 1.165) is 11.1 Å². The van der Waals surface area contributed by atoms with E-state index in [9.17, 15) is 5.11 Å². The van der Waals surface area contributed by atoms with Crippen LogP contribution in [0.4, 0.5) is 0 Å². The number of rotatable bonds is 3. The van der Waals surface area contributed by atoms with Crippen LogP contribution in [0.1, 0.15) is 17.2 Å². The van der Waals surface area contributed by atoms with Crippen LogP contribution >= 0.6 is 22.6 Å². The van der Waals surface area contributed by atoms with Gasteiger partial charge in [-0.05, 0) is 51.9 Å². The summed E-state index contributed by atoms with van der Waals surface area (Å²) >= 11 is 2.25. The van der Waals surface area contributed by atoms with E-state index in [1.54, 1.807) is 12.4 Å². The van der Waals surface area contributed by atoms with E-state index in [1.807, 2.05) is 36.4 Å². The highest BCUT2D eigenvalue weighted by Gasteiger charge is 2.08. The molecule has 3 heteroatoms. The molecule has 1 atom stereocenters. The summed E-state index contributed by atoms with van der Waals surface area (Å²) in [6.07, 6.45) is 3.67. The Hall–Kier alpha value is -0.940. The first kappa shape index (κ1) is 11.5. The first-order chi connectivity index (χ1) is 7.75. The van der Waals surface area contributed by atoms with Gasteiger partial charge in [0.15, 0.2) is 0 Å². The predicted molar refractivity (Wildman–Crippen MR) is 72.1 cm³/mol. The van der Waals surface area contributed by atoms with Gasteiger partial charge in [-0.2, -0.15) is 0 Å². The summed E-state index contributed by atoms with van der Waals surface area (Å²) in [5.74, 6) is 0. The van der Waals surface area contributed by atoms with Gasteiger partial charge in [-0.3, -0.25) is 4.98 Å². The molecule has 1 aromatic carbocycles. The van der Waals surface area contributed by atoms with Gasteiger partial charge < -0.3 is 5.11 Å². The molecule has 2 nitrogen and oxygen atoms in total. The smallest absolute Gasteiger partial charge is 0.0830 e. The van der Waals surface area contributed by atoms with Crippen LogP contribution in [0.15, 0.2) is 48.8 Å². The van der Waals surface area contributed by atoms with Gasteiger partial charge in [0.25, 0.3) is 0 Å². The summed E-state index contributed by atoms with van der Waals surface area (Å²) in [7, 11) is 0. The van der Waals surface area contributed by atoms with Gasteiger partial charge in [0.05, 0.1) is 6.10 Å². The van der Waals surface area contributed by atoms with Crippen molar-refractivity contribution in [3.8, 4) is 0 Å². The molecule has 1 aromatic heterocycles. The van der Waals surface area contributed by atoms with Gasteiger partial charge in [0, 0.05) is 22.4 Å². The second-order valence-electron chi connectivity index (χ2n) is 3.63. The van der Waals surface area contributed by atoms with Crippen LogP contribution in [0, 0.1) is 3.57 Å². The first-order valence-electron chi connectivity index (χ1n) is 5.08. The molecule has 0 saturated carbocycles. The van der Waals surface area contributed by atoms with E-state index in [4.69, 9.17) is 0 Å². The Morgan fingerprint density at radius 2 is 1.94 bits per heavy atom. The minimum absolute atomic E-state index is 0.457. The average Bonchev–Trinajstić information content (AvgIpc) is 2.31. The number of hydrogen-bond acceptors (Lipinski definition) is 2. The lowest BCUT2D eigenvalue weighted by Gasteiger charge is -2.10. The quantitative estimate of drug-likeness (QED) is 0.880. The van der Waals surface area contributed by atoms with Crippen LogP contribution in [-0.4, -0.2) is 10.1 Å². The second kappa shape index (κ2) is 5.41. The van der Waals surface area contributed by atoms with E-state index in [-0.39, 0.29) is 0 Å². The van der Waals surface area contributed by atoms with Gasteiger partial charge in [-0.25, -0.2) is 0 Å². The molecule has 82 valence electrons. The molecular formula is C13H12INO. The van der Waals surface area contributed by atoms with E-state index >= 15 is 0 Å². The number of benzene rings is 1. The number of aliphatic hydroxyl groups is 1. The van der Waals surface area contributed by atoms with Gasteiger partial charge >= 0.3 is 0 Å². The summed E-state index contributed by atoms with van der Waals surface area (Å²) in [6.45, 7) is 0. The number of hydrogen-bond donors (Lipinski definition) is 1. The fraction of sp³-hybridized carbons (Fsp3) is 0.154. The maximum absolute atomic E-state index is 10.0. The maximum Gasteiger partial charge on any atom is 0.0830 e. The lowest BCUT2D eigenvalue weighted by atomic mass is 10.0. The van der Waals surface area contributed by atoms with E-state index < -0.39 is 6.10 Å². The molecule has 1 N–H and O–H groups in total. The average molecular weight is 325 g/mol. The van der Waals surface area contributed by atoms with Gasteiger partial charge in [-0.15, -0.1) is 0 Å². The molecule has 0 aliphatic carbocycles. The number of aromatic nitrogens is 1. The van der Waals surface area contributed by atoms with E-state index in [2.05, 4.69) is 27.6 Å². The van der Waals surface area contributed by atoms with Gasteiger partial charge in [0.2, 0.25) is 0 Å². The van der Waals surface area contributed by atoms with Crippen molar-refractivity contribution in [1.82, 2.24) is 4.98 Å². The van der Waals surface area contributed by atoms with Crippen molar-refractivity contribution >= 4 is 22.6 Å². The first-order valence-corrected chi connectivity index (χ1v) is 6.16. The molecule has 0 spiro atoms. The minimum Gasteiger partial charge on any atom is -0.388 e. The van der Waals surface area contributed by atoms with Crippen molar-refractivity contribution in [2.75, 3.05) is 0 Å². The highest BCUT2D eigenvalue weighted by Crippen LogP contribution is 2.18. The molecule has 0 radical (unpaired) electrons. The molecule has 2 aromatic rings. The Bertz CT molecular complexity index is 441. The zero-order valence-corrected chi connectivity index (χ0v) is 10.8. The van der Waals surface area contributed by atoms with E-state index in [0.29, 0.717) is 6.42 Å². The highest BCUT2D eigenvalue weighted by molar-refractivity contribution is 14.1. The van der Waals surface area contributed by atoms with Crippen LogP contribution in [0.3, 0.4) is 0 Å². The highest BCUT2D eigenvalue weighted by atomic mass is 127. The third-order valence-electron chi connectivity index (χ3n) is 2.41. The summed E-state index contributed by atoms with van der Waals surface area (Å²) in [5, 5.41) is 10.0. The Labute approximate surface area is 108 Å². The van der Waals surface area contributed by atoms with Crippen LogP contribution in [0.2, 0.25) is 0 Å². The van der Waals surface area contributed by atoms with Crippen molar-refractivity contribution < 1.29 is 5.11 Å². The molecule has 0 fully saturated rings. The monoisotopic (exact) mass is 325 g/mol. The van der Waals surface area contributed by atoms with Crippen molar-refractivity contribution in [3.63, 3.8) is 0 Å². The molecule has 0 aliphatic rings. The van der Waals surface area contributed by atoms with Crippen molar-refractivity contribution in [1.29, 1.82) is 0 Å². The molecule has 2 rings (SSSR count). The van der Waals surface area contributed by atoms with E-state index in [1.165, 1.54) is 3.57 Å². The Morgan fingerprint density at radius 1 is 1.19 bits per heavy atom. The molecule has 16 heavy (non-hydrogen) atoms. The number of pyridine rings is 1. The SMILES string of the molecule is OC(Cc1cccnc1)c1ccc(I)cc1. The van der Waals surface area contributed by atoms with Crippen molar-refractivity contribution in [2.24, 2.45) is 0 Å². The molecular weight excluding hydrogens is 313 g/mol. The summed E-state index contributed by atoms with van der Waals surface area (Å²) in [4.78, 5) is 4.03.